The van der Waals surface area contributed by atoms with Crippen LogP contribution in [0.4, 0.5) is 10.8 Å². The molecule has 2 amide bonds. The van der Waals surface area contributed by atoms with Crippen LogP contribution < -0.4 is 10.6 Å². The number of rotatable bonds is 6. The van der Waals surface area contributed by atoms with Crippen LogP contribution in [0.3, 0.4) is 0 Å². The molecule has 0 bridgehead atoms. The molecule has 0 aliphatic rings. The van der Waals surface area contributed by atoms with E-state index in [1.165, 1.54) is 17.6 Å². The molecule has 0 unspecified atom stereocenters. The number of nitrogens with zero attached hydrogens (tertiary/aromatic N) is 3. The van der Waals surface area contributed by atoms with Gasteiger partial charge >= 0.3 is 0 Å². The number of carbonyl (C=O) groups excluding carboxylic acids is 2. The lowest BCUT2D eigenvalue weighted by Gasteiger charge is -2.09. The Hall–Kier alpha value is -4.50. The maximum Gasteiger partial charge on any atom is 0.291 e. The van der Waals surface area contributed by atoms with Gasteiger partial charge < -0.3 is 14.3 Å². The molecule has 5 rings (SSSR count). The molecule has 35 heavy (non-hydrogen) atoms. The van der Waals surface area contributed by atoms with E-state index in [0.29, 0.717) is 16.4 Å². The van der Waals surface area contributed by atoms with Crippen LogP contribution in [-0.2, 0) is 7.05 Å². The molecule has 0 atom stereocenters. The Balaban J connectivity index is 1.43. The smallest absolute Gasteiger partial charge is 0.291 e. The van der Waals surface area contributed by atoms with Crippen molar-refractivity contribution in [2.45, 2.75) is 6.92 Å². The molecule has 2 aromatic carbocycles. The van der Waals surface area contributed by atoms with Crippen molar-refractivity contribution in [1.82, 2.24) is 14.5 Å². The molecule has 8 nitrogen and oxygen atoms in total. The average molecular weight is 484 g/mol. The van der Waals surface area contributed by atoms with Crippen LogP contribution in [-0.4, -0.2) is 26.3 Å². The molecular formula is C26H21N5O3S. The van der Waals surface area contributed by atoms with Crippen LogP contribution in [0.1, 0.15) is 26.5 Å². The third-order valence-corrected chi connectivity index (χ3v) is 6.38. The van der Waals surface area contributed by atoms with Gasteiger partial charge in [-0.2, -0.15) is 0 Å². The number of furan rings is 1. The summed E-state index contributed by atoms with van der Waals surface area (Å²) < 4.78 is 7.06. The Morgan fingerprint density at radius 3 is 2.54 bits per heavy atom. The minimum atomic E-state index is -0.386. The van der Waals surface area contributed by atoms with Crippen LogP contribution in [0.5, 0.6) is 0 Å². The van der Waals surface area contributed by atoms with Gasteiger partial charge in [0.1, 0.15) is 0 Å². The Morgan fingerprint density at radius 1 is 1.00 bits per heavy atom. The first-order chi connectivity index (χ1) is 17.0. The van der Waals surface area contributed by atoms with Crippen molar-refractivity contribution in [1.29, 1.82) is 0 Å². The summed E-state index contributed by atoms with van der Waals surface area (Å²) in [6.07, 6.45) is 5.03. The molecule has 0 fully saturated rings. The third-order valence-electron chi connectivity index (χ3n) is 5.41. The first-order valence-electron chi connectivity index (χ1n) is 10.8. The average Bonchev–Trinajstić information content (AvgIpc) is 3.62. The zero-order chi connectivity index (χ0) is 24.4. The molecule has 3 aromatic heterocycles. The molecule has 2 N–H and O–H groups in total. The van der Waals surface area contributed by atoms with Crippen LogP contribution in [0.2, 0.25) is 0 Å². The van der Waals surface area contributed by atoms with Gasteiger partial charge in [-0.1, -0.05) is 47.7 Å². The fourth-order valence-corrected chi connectivity index (χ4v) is 4.58. The molecule has 0 radical (unpaired) electrons. The third kappa shape index (κ3) is 4.62. The van der Waals surface area contributed by atoms with Crippen LogP contribution in [0.25, 0.3) is 22.0 Å². The summed E-state index contributed by atoms with van der Waals surface area (Å²) in [6.45, 7) is 1.85. The summed E-state index contributed by atoms with van der Waals surface area (Å²) in [6, 6.07) is 18.1. The monoisotopic (exact) mass is 483 g/mol. The van der Waals surface area contributed by atoms with E-state index in [1.54, 1.807) is 36.5 Å². The zero-order valence-electron chi connectivity index (χ0n) is 19.0. The number of aromatic nitrogens is 3. The van der Waals surface area contributed by atoms with Crippen molar-refractivity contribution >= 4 is 34.0 Å². The predicted molar refractivity (Wildman–Crippen MR) is 136 cm³/mol. The largest absolute Gasteiger partial charge is 0.459 e. The summed E-state index contributed by atoms with van der Waals surface area (Å²) in [7, 11) is 1.92. The minimum Gasteiger partial charge on any atom is -0.459 e. The topological polar surface area (TPSA) is 102 Å². The fourth-order valence-electron chi connectivity index (χ4n) is 3.56. The summed E-state index contributed by atoms with van der Waals surface area (Å²) in [4.78, 5) is 35.5. The van der Waals surface area contributed by atoms with E-state index in [2.05, 4.69) is 15.6 Å². The molecule has 9 heteroatoms. The number of hydrogen-bond acceptors (Lipinski definition) is 6. The van der Waals surface area contributed by atoms with Crippen molar-refractivity contribution in [3.8, 4) is 22.0 Å². The molecule has 5 aromatic rings. The standard InChI is InChI=1S/C26H21N5O3S/c1-16-10-11-18(15-19(16)28-25(33)20-9-6-14-34-20)24(32)30-26-29-21(17-7-4-3-5-8-17)22(35-26)23-27-12-13-31(23)2/h3-15H,1-2H3,(H,28,33)(H,29,30,32). The van der Waals surface area contributed by atoms with Gasteiger partial charge in [-0.3, -0.25) is 14.9 Å². The second kappa shape index (κ2) is 9.40. The lowest BCUT2D eigenvalue weighted by molar-refractivity contribution is 0.0993. The Labute approximate surface area is 205 Å². The Kier molecular flexibility index (Phi) is 5.99. The molecule has 0 saturated heterocycles. The van der Waals surface area contributed by atoms with Crippen LogP contribution >= 0.6 is 11.3 Å². The number of nitrogens with one attached hydrogen (secondary N) is 2. The highest BCUT2D eigenvalue weighted by molar-refractivity contribution is 7.19. The highest BCUT2D eigenvalue weighted by Crippen LogP contribution is 2.38. The maximum absolute atomic E-state index is 13.1. The van der Waals surface area contributed by atoms with Gasteiger partial charge in [-0.15, -0.1) is 0 Å². The van der Waals surface area contributed by atoms with Gasteiger partial charge in [0.15, 0.2) is 16.7 Å². The molecular weight excluding hydrogens is 462 g/mol. The van der Waals surface area contributed by atoms with Gasteiger partial charge in [0.05, 0.1) is 16.8 Å². The number of thiazole rings is 1. The van der Waals surface area contributed by atoms with Gasteiger partial charge in [-0.25, -0.2) is 9.97 Å². The number of anilines is 2. The number of imidazole rings is 1. The molecule has 0 aliphatic heterocycles. The van der Waals surface area contributed by atoms with Crippen LogP contribution in [0, 0.1) is 6.92 Å². The van der Waals surface area contributed by atoms with Gasteiger partial charge in [-0.05, 0) is 36.8 Å². The summed E-state index contributed by atoms with van der Waals surface area (Å²) in [5.74, 6) is 0.235. The summed E-state index contributed by atoms with van der Waals surface area (Å²) >= 11 is 1.36. The highest BCUT2D eigenvalue weighted by atomic mass is 32.1. The number of benzene rings is 2. The number of amides is 2. The van der Waals surface area contributed by atoms with Crippen molar-refractivity contribution in [3.63, 3.8) is 0 Å². The molecule has 0 aliphatic carbocycles. The fraction of sp³-hybridized carbons (Fsp3) is 0.0769. The second-order valence-corrected chi connectivity index (χ2v) is 8.84. The molecule has 0 saturated carbocycles. The van der Waals surface area contributed by atoms with Crippen LogP contribution in [0.15, 0.2) is 83.7 Å². The van der Waals surface area contributed by atoms with Gasteiger partial charge in [0.2, 0.25) is 0 Å². The number of aryl methyl sites for hydroxylation is 2. The van der Waals surface area contributed by atoms with E-state index in [4.69, 9.17) is 9.40 Å². The van der Waals surface area contributed by atoms with E-state index < -0.39 is 0 Å². The van der Waals surface area contributed by atoms with E-state index in [0.717, 1.165) is 27.5 Å². The summed E-state index contributed by atoms with van der Waals surface area (Å²) in [5, 5.41) is 6.14. The molecule has 174 valence electrons. The Bertz CT molecular complexity index is 1500. The Morgan fingerprint density at radius 2 is 1.83 bits per heavy atom. The van der Waals surface area contributed by atoms with Crippen molar-refractivity contribution in [2.24, 2.45) is 7.05 Å². The second-order valence-electron chi connectivity index (χ2n) is 7.84. The molecule has 3 heterocycles. The normalized spacial score (nSPS) is 10.8. The number of carbonyl (C=O) groups is 2. The van der Waals surface area contributed by atoms with E-state index >= 15 is 0 Å². The lowest BCUT2D eigenvalue weighted by atomic mass is 10.1. The SMILES string of the molecule is Cc1ccc(C(=O)Nc2nc(-c3ccccc3)c(-c3nccn3C)s2)cc1NC(=O)c1ccco1. The predicted octanol–water partition coefficient (Wildman–Crippen LogP) is 5.62. The van der Waals surface area contributed by atoms with E-state index in [-0.39, 0.29) is 17.6 Å². The minimum absolute atomic E-state index is 0.192. The molecule has 0 spiro atoms. The van der Waals surface area contributed by atoms with E-state index in [9.17, 15) is 9.59 Å². The lowest BCUT2D eigenvalue weighted by Crippen LogP contribution is -2.15. The first kappa shape index (κ1) is 22.3. The first-order valence-corrected chi connectivity index (χ1v) is 11.6. The quantitative estimate of drug-likeness (QED) is 0.327. The van der Waals surface area contributed by atoms with Crippen molar-refractivity contribution < 1.29 is 14.0 Å². The van der Waals surface area contributed by atoms with Crippen molar-refractivity contribution in [2.75, 3.05) is 10.6 Å². The maximum atomic E-state index is 13.1. The van der Waals surface area contributed by atoms with Gasteiger partial charge in [0.25, 0.3) is 11.8 Å². The zero-order valence-corrected chi connectivity index (χ0v) is 19.8. The highest BCUT2D eigenvalue weighted by Gasteiger charge is 2.20. The van der Waals surface area contributed by atoms with Gasteiger partial charge in [0, 0.05) is 36.3 Å². The number of hydrogen-bond donors (Lipinski definition) is 2. The van der Waals surface area contributed by atoms with E-state index in [1.807, 2.05) is 55.1 Å². The summed E-state index contributed by atoms with van der Waals surface area (Å²) in [5.41, 5.74) is 3.41. The van der Waals surface area contributed by atoms with Crippen molar-refractivity contribution in [3.05, 3.63) is 96.2 Å².